The quantitative estimate of drug-likeness (QED) is 0.352. The van der Waals surface area contributed by atoms with E-state index in [-0.39, 0.29) is 11.8 Å². The number of nitrogens with zero attached hydrogens (tertiary/aromatic N) is 2. The molecule has 0 spiro atoms. The average Bonchev–Trinajstić information content (AvgIpc) is 2.95. The van der Waals surface area contributed by atoms with Crippen LogP contribution in [0.15, 0.2) is 71.2 Å². The summed E-state index contributed by atoms with van der Waals surface area (Å²) in [5, 5.41) is 3.42. The fourth-order valence-electron chi connectivity index (χ4n) is 5.47. The number of benzene rings is 3. The van der Waals surface area contributed by atoms with Gasteiger partial charge >= 0.3 is 0 Å². The number of fused-ring (bicyclic) bond motifs is 1. The van der Waals surface area contributed by atoms with Gasteiger partial charge in [-0.25, -0.2) is 0 Å². The molecule has 3 aromatic rings. The minimum atomic E-state index is -0.110. The van der Waals surface area contributed by atoms with Crippen LogP contribution in [0.2, 0.25) is 5.02 Å². The first-order chi connectivity index (χ1) is 18.4. The average molecular weight is 593 g/mol. The van der Waals surface area contributed by atoms with Crippen LogP contribution in [-0.4, -0.2) is 60.9 Å². The molecule has 2 saturated heterocycles. The Morgan fingerprint density at radius 1 is 0.947 bits per heavy atom. The molecule has 7 heteroatoms. The highest BCUT2D eigenvalue weighted by atomic mass is 79.9. The summed E-state index contributed by atoms with van der Waals surface area (Å²) >= 11 is 9.71. The highest BCUT2D eigenvalue weighted by Gasteiger charge is 2.35. The van der Waals surface area contributed by atoms with Crippen LogP contribution in [0.1, 0.15) is 56.2 Å². The number of hydrogen-bond acceptors (Lipinski definition) is 3. The van der Waals surface area contributed by atoms with Gasteiger partial charge in [0.05, 0.1) is 5.56 Å². The van der Waals surface area contributed by atoms with E-state index in [1.807, 2.05) is 65.6 Å². The first-order valence-electron chi connectivity index (χ1n) is 13.0. The molecule has 196 valence electrons. The zero-order valence-corrected chi connectivity index (χ0v) is 23.7. The van der Waals surface area contributed by atoms with Crippen LogP contribution in [0.4, 0.5) is 0 Å². The fraction of sp³-hybridized carbons (Fsp3) is 0.290. The van der Waals surface area contributed by atoms with Gasteiger partial charge < -0.3 is 10.2 Å². The number of hydrogen-bond donors (Lipinski definition) is 1. The first kappa shape index (κ1) is 26.7. The molecule has 38 heavy (non-hydrogen) atoms. The van der Waals surface area contributed by atoms with E-state index in [9.17, 15) is 9.59 Å². The van der Waals surface area contributed by atoms with Gasteiger partial charge in [-0.05, 0) is 87.8 Å². The summed E-state index contributed by atoms with van der Waals surface area (Å²) in [6.45, 7) is 3.43. The number of piperazine rings is 1. The highest BCUT2D eigenvalue weighted by molar-refractivity contribution is 9.10. The van der Waals surface area contributed by atoms with Crippen molar-refractivity contribution in [2.75, 3.05) is 33.2 Å². The number of carbonyl (C=O) groups is 2. The Labute approximate surface area is 237 Å². The Kier molecular flexibility index (Phi) is 8.32. The number of nitrogens with one attached hydrogen (secondary N) is 1. The standard InChI is InChI=1S/C31H31BrClN3O2/c1-34-30(37)24-4-2-3-21(17-24)5-6-22-7-14-28(29(32)18-22)31(38)36-16-15-35-19-25(10-13-27(35)20-36)23-8-11-26(33)12-9-23/h2-9,11-12,14,17-18,25,27H,10,13,15-16,19-20H2,1H3,(H,34,37)/b6-5+/t25-,27+/m0/s1. The smallest absolute Gasteiger partial charge is 0.255 e. The Balaban J connectivity index is 1.21. The topological polar surface area (TPSA) is 52.7 Å². The second-order valence-electron chi connectivity index (χ2n) is 10.0. The number of amides is 2. The third-order valence-electron chi connectivity index (χ3n) is 7.60. The summed E-state index contributed by atoms with van der Waals surface area (Å²) < 4.78 is 0.789. The molecule has 1 N–H and O–H groups in total. The highest BCUT2D eigenvalue weighted by Crippen LogP contribution is 2.33. The molecule has 0 unspecified atom stereocenters. The van der Waals surface area contributed by atoms with Gasteiger partial charge in [-0.15, -0.1) is 0 Å². The second-order valence-corrected chi connectivity index (χ2v) is 11.3. The Hall–Kier alpha value is -2.93. The van der Waals surface area contributed by atoms with Crippen LogP contribution in [0.25, 0.3) is 12.2 Å². The second kappa shape index (κ2) is 11.9. The lowest BCUT2D eigenvalue weighted by Crippen LogP contribution is -2.57. The van der Waals surface area contributed by atoms with E-state index < -0.39 is 0 Å². The summed E-state index contributed by atoms with van der Waals surface area (Å²) in [6, 6.07) is 21.9. The molecule has 0 bridgehead atoms. The monoisotopic (exact) mass is 591 g/mol. The summed E-state index contributed by atoms with van der Waals surface area (Å²) in [4.78, 5) is 29.9. The van der Waals surface area contributed by atoms with E-state index in [2.05, 4.69) is 38.3 Å². The van der Waals surface area contributed by atoms with Gasteiger partial charge in [0.1, 0.15) is 0 Å². The van der Waals surface area contributed by atoms with E-state index >= 15 is 0 Å². The number of piperidine rings is 1. The zero-order chi connectivity index (χ0) is 26.6. The predicted molar refractivity (Wildman–Crippen MR) is 158 cm³/mol. The van der Waals surface area contributed by atoms with Crippen LogP contribution >= 0.6 is 27.5 Å². The molecule has 5 rings (SSSR count). The van der Waals surface area contributed by atoms with E-state index in [1.165, 1.54) is 5.56 Å². The normalized spacial score (nSPS) is 19.8. The number of rotatable bonds is 5. The summed E-state index contributed by atoms with van der Waals surface area (Å²) in [7, 11) is 1.62. The maximum atomic E-state index is 13.4. The first-order valence-corrected chi connectivity index (χ1v) is 14.2. The number of halogens is 2. The van der Waals surface area contributed by atoms with Gasteiger partial charge in [0.15, 0.2) is 0 Å². The van der Waals surface area contributed by atoms with E-state index in [0.717, 1.165) is 59.6 Å². The maximum absolute atomic E-state index is 13.4. The number of carbonyl (C=O) groups excluding carboxylic acids is 2. The summed E-state index contributed by atoms with van der Waals surface area (Å²) in [5.41, 5.74) is 4.57. The van der Waals surface area contributed by atoms with Crippen LogP contribution in [-0.2, 0) is 0 Å². The molecule has 2 amide bonds. The van der Waals surface area contributed by atoms with Crippen molar-refractivity contribution in [2.45, 2.75) is 24.8 Å². The van der Waals surface area contributed by atoms with E-state index in [4.69, 9.17) is 11.6 Å². The minimum Gasteiger partial charge on any atom is -0.355 e. The van der Waals surface area contributed by atoms with Gasteiger partial charge in [0.2, 0.25) is 0 Å². The lowest BCUT2D eigenvalue weighted by atomic mass is 9.86. The van der Waals surface area contributed by atoms with Gasteiger partial charge in [-0.2, -0.15) is 0 Å². The Morgan fingerprint density at radius 2 is 1.71 bits per heavy atom. The molecule has 2 aliphatic heterocycles. The molecule has 2 atom stereocenters. The minimum absolute atomic E-state index is 0.0742. The fourth-order valence-corrected chi connectivity index (χ4v) is 6.16. The largest absolute Gasteiger partial charge is 0.355 e. The molecular weight excluding hydrogens is 562 g/mol. The molecule has 2 aliphatic rings. The molecular formula is C31H31BrClN3O2. The van der Waals surface area contributed by atoms with Crippen LogP contribution < -0.4 is 5.32 Å². The van der Waals surface area contributed by atoms with Gasteiger partial charge in [0.25, 0.3) is 11.8 Å². The zero-order valence-electron chi connectivity index (χ0n) is 21.4. The lowest BCUT2D eigenvalue weighted by Gasteiger charge is -2.46. The van der Waals surface area contributed by atoms with Crippen molar-refractivity contribution in [1.29, 1.82) is 0 Å². The maximum Gasteiger partial charge on any atom is 0.255 e. The van der Waals surface area contributed by atoms with Crippen molar-refractivity contribution >= 4 is 51.5 Å². The third kappa shape index (κ3) is 6.04. The summed E-state index contributed by atoms with van der Waals surface area (Å²) in [5.74, 6) is 0.484. The molecule has 0 aliphatic carbocycles. The molecule has 0 saturated carbocycles. The van der Waals surface area contributed by atoms with Crippen molar-refractivity contribution in [3.63, 3.8) is 0 Å². The van der Waals surface area contributed by atoms with Crippen LogP contribution in [0.5, 0.6) is 0 Å². The predicted octanol–water partition coefficient (Wildman–Crippen LogP) is 6.34. The van der Waals surface area contributed by atoms with Crippen LogP contribution in [0, 0.1) is 0 Å². The van der Waals surface area contributed by atoms with Gasteiger partial charge in [0, 0.05) is 54.3 Å². The van der Waals surface area contributed by atoms with Crippen molar-refractivity contribution in [2.24, 2.45) is 0 Å². The molecule has 0 radical (unpaired) electrons. The Bertz CT molecular complexity index is 1360. The SMILES string of the molecule is CNC(=O)c1cccc(/C=C/c2ccc(C(=O)N3CCN4C[C@@H](c5ccc(Cl)cc5)CC[C@@H]4C3)c(Br)c2)c1. The van der Waals surface area contributed by atoms with Gasteiger partial charge in [-0.1, -0.05) is 54.1 Å². The summed E-state index contributed by atoms with van der Waals surface area (Å²) in [6.07, 6.45) is 6.17. The van der Waals surface area contributed by atoms with Crippen molar-refractivity contribution in [3.05, 3.63) is 104 Å². The Morgan fingerprint density at radius 3 is 2.45 bits per heavy atom. The molecule has 5 nitrogen and oxygen atoms in total. The van der Waals surface area contributed by atoms with Crippen molar-refractivity contribution < 1.29 is 9.59 Å². The molecule has 3 aromatic carbocycles. The lowest BCUT2D eigenvalue weighted by molar-refractivity contribution is 0.0328. The molecule has 0 aromatic heterocycles. The van der Waals surface area contributed by atoms with Crippen molar-refractivity contribution in [3.8, 4) is 0 Å². The van der Waals surface area contributed by atoms with Gasteiger partial charge in [-0.3, -0.25) is 14.5 Å². The van der Waals surface area contributed by atoms with Crippen molar-refractivity contribution in [1.82, 2.24) is 15.1 Å². The van der Waals surface area contributed by atoms with Crippen LogP contribution in [0.3, 0.4) is 0 Å². The van der Waals surface area contributed by atoms with E-state index in [0.29, 0.717) is 23.1 Å². The van der Waals surface area contributed by atoms with E-state index in [1.54, 1.807) is 13.1 Å². The third-order valence-corrected chi connectivity index (χ3v) is 8.51. The molecule has 2 heterocycles. The molecule has 2 fully saturated rings.